The van der Waals surface area contributed by atoms with Crippen LogP contribution in [0.3, 0.4) is 0 Å². The lowest BCUT2D eigenvalue weighted by Gasteiger charge is -2.13. The summed E-state index contributed by atoms with van der Waals surface area (Å²) < 4.78 is 0. The number of benzene rings is 1. The topological polar surface area (TPSA) is 73.8 Å². The van der Waals surface area contributed by atoms with E-state index < -0.39 is 0 Å². The fourth-order valence-electron chi connectivity index (χ4n) is 1.49. The van der Waals surface area contributed by atoms with Crippen molar-refractivity contribution in [1.29, 1.82) is 0 Å². The van der Waals surface area contributed by atoms with Crippen molar-refractivity contribution in [3.05, 3.63) is 24.3 Å². The third kappa shape index (κ3) is 5.51. The first-order valence-corrected chi connectivity index (χ1v) is 6.25. The molecule has 0 fully saturated rings. The fraction of sp³-hybridized carbons (Fsp3) is 0.357. The Morgan fingerprint density at radius 1 is 1.15 bits per heavy atom. The molecule has 0 spiro atoms. The zero-order valence-electron chi connectivity index (χ0n) is 12.2. The second-order valence-electron chi connectivity index (χ2n) is 4.68. The number of carbonyl (C=O) groups is 2. The number of nitrogens with zero attached hydrogens (tertiary/aromatic N) is 2. The van der Waals surface area contributed by atoms with Gasteiger partial charge in [-0.05, 0) is 31.2 Å². The molecule has 2 N–H and O–H groups in total. The number of hydrazone groups is 1. The minimum atomic E-state index is -0.260. The predicted molar refractivity (Wildman–Crippen MR) is 80.9 cm³/mol. The van der Waals surface area contributed by atoms with E-state index in [2.05, 4.69) is 15.8 Å². The van der Waals surface area contributed by atoms with Gasteiger partial charge in [-0.1, -0.05) is 0 Å². The molecule has 0 radical (unpaired) electrons. The first-order chi connectivity index (χ1) is 9.38. The van der Waals surface area contributed by atoms with Gasteiger partial charge in [0, 0.05) is 38.1 Å². The van der Waals surface area contributed by atoms with Gasteiger partial charge in [-0.25, -0.2) is 5.43 Å². The first-order valence-electron chi connectivity index (χ1n) is 6.25. The van der Waals surface area contributed by atoms with E-state index in [1.807, 2.05) is 43.3 Å². The maximum atomic E-state index is 11.8. The Morgan fingerprint density at radius 3 is 2.25 bits per heavy atom. The molecule has 6 heteroatoms. The second-order valence-corrected chi connectivity index (χ2v) is 4.68. The molecular formula is C14H20N4O2. The van der Waals surface area contributed by atoms with Crippen LogP contribution in [0.25, 0.3) is 0 Å². The Morgan fingerprint density at radius 2 is 1.75 bits per heavy atom. The van der Waals surface area contributed by atoms with Crippen LogP contribution in [0.15, 0.2) is 29.4 Å². The number of anilines is 2. The van der Waals surface area contributed by atoms with E-state index in [-0.39, 0.29) is 18.2 Å². The molecule has 0 unspecified atom stereocenters. The van der Waals surface area contributed by atoms with Crippen LogP contribution in [0.2, 0.25) is 0 Å². The van der Waals surface area contributed by atoms with Crippen LogP contribution < -0.4 is 15.6 Å². The lowest BCUT2D eigenvalue weighted by molar-refractivity contribution is -0.119. The molecule has 0 atom stereocenters. The van der Waals surface area contributed by atoms with Crippen molar-refractivity contribution in [3.8, 4) is 0 Å². The van der Waals surface area contributed by atoms with Gasteiger partial charge in [-0.2, -0.15) is 5.10 Å². The van der Waals surface area contributed by atoms with Crippen LogP contribution in [0.4, 0.5) is 11.4 Å². The molecule has 0 aliphatic rings. The average Bonchev–Trinajstić information content (AvgIpc) is 2.36. The molecule has 0 bridgehead atoms. The molecule has 6 nitrogen and oxygen atoms in total. The van der Waals surface area contributed by atoms with E-state index in [9.17, 15) is 9.59 Å². The zero-order valence-corrected chi connectivity index (χ0v) is 12.2. The molecule has 20 heavy (non-hydrogen) atoms. The van der Waals surface area contributed by atoms with Gasteiger partial charge in [-0.15, -0.1) is 0 Å². The van der Waals surface area contributed by atoms with E-state index in [1.165, 1.54) is 6.92 Å². The summed E-state index contributed by atoms with van der Waals surface area (Å²) in [6, 6.07) is 7.53. The standard InChI is InChI=1S/C14H20N4O2/c1-10(16-17-11(2)19)9-14(20)15-12-5-7-13(8-6-12)18(3)4/h5-8H,9H2,1-4H3,(H,15,20)(H,17,19)/b16-10+. The van der Waals surface area contributed by atoms with Gasteiger partial charge < -0.3 is 10.2 Å². The van der Waals surface area contributed by atoms with Crippen LogP contribution in [-0.2, 0) is 9.59 Å². The SMILES string of the molecule is CC(=O)N/N=C(\C)CC(=O)Nc1ccc(N(C)C)cc1. The molecule has 0 saturated heterocycles. The highest BCUT2D eigenvalue weighted by molar-refractivity contribution is 6.05. The molecule has 0 saturated carbocycles. The lowest BCUT2D eigenvalue weighted by Crippen LogP contribution is -2.19. The van der Waals surface area contributed by atoms with Crippen LogP contribution in [-0.4, -0.2) is 31.6 Å². The van der Waals surface area contributed by atoms with Crippen molar-refractivity contribution in [2.24, 2.45) is 5.10 Å². The second kappa shape index (κ2) is 7.28. The third-order valence-corrected chi connectivity index (χ3v) is 2.49. The highest BCUT2D eigenvalue weighted by Crippen LogP contribution is 2.15. The highest BCUT2D eigenvalue weighted by Gasteiger charge is 2.05. The summed E-state index contributed by atoms with van der Waals surface area (Å²) in [6.07, 6.45) is 0.135. The molecular weight excluding hydrogens is 256 g/mol. The first kappa shape index (κ1) is 15.7. The van der Waals surface area contributed by atoms with Gasteiger partial charge in [0.2, 0.25) is 11.8 Å². The summed E-state index contributed by atoms with van der Waals surface area (Å²) in [5.41, 5.74) is 4.63. The number of nitrogens with one attached hydrogen (secondary N) is 2. The molecule has 0 heterocycles. The number of carbonyl (C=O) groups excluding carboxylic acids is 2. The molecule has 0 aliphatic carbocycles. The van der Waals surface area contributed by atoms with Crippen LogP contribution in [0, 0.1) is 0 Å². The van der Waals surface area contributed by atoms with Crippen molar-refractivity contribution in [3.63, 3.8) is 0 Å². The molecule has 0 aliphatic heterocycles. The van der Waals surface area contributed by atoms with Crippen LogP contribution in [0.5, 0.6) is 0 Å². The Balaban J connectivity index is 2.54. The Bertz CT molecular complexity index is 506. The lowest BCUT2D eigenvalue weighted by atomic mass is 10.2. The Hall–Kier alpha value is -2.37. The minimum Gasteiger partial charge on any atom is -0.378 e. The van der Waals surface area contributed by atoms with Gasteiger partial charge in [0.05, 0.1) is 6.42 Å². The Labute approximate surface area is 118 Å². The highest BCUT2D eigenvalue weighted by atomic mass is 16.2. The van der Waals surface area contributed by atoms with Crippen molar-refractivity contribution < 1.29 is 9.59 Å². The van der Waals surface area contributed by atoms with Gasteiger partial charge in [0.15, 0.2) is 0 Å². The summed E-state index contributed by atoms with van der Waals surface area (Å²) in [6.45, 7) is 3.05. The van der Waals surface area contributed by atoms with Crippen molar-refractivity contribution >= 4 is 28.9 Å². The Kier molecular flexibility index (Phi) is 5.71. The van der Waals surface area contributed by atoms with E-state index >= 15 is 0 Å². The summed E-state index contributed by atoms with van der Waals surface area (Å²) in [4.78, 5) is 24.4. The molecule has 0 aromatic heterocycles. The van der Waals surface area contributed by atoms with Gasteiger partial charge in [0.25, 0.3) is 0 Å². The zero-order chi connectivity index (χ0) is 15.1. The van der Waals surface area contributed by atoms with E-state index in [1.54, 1.807) is 6.92 Å². The predicted octanol–water partition coefficient (Wildman–Crippen LogP) is 1.59. The average molecular weight is 276 g/mol. The largest absolute Gasteiger partial charge is 0.378 e. The number of hydrogen-bond acceptors (Lipinski definition) is 4. The van der Waals surface area contributed by atoms with E-state index in [0.717, 1.165) is 11.4 Å². The van der Waals surface area contributed by atoms with Crippen molar-refractivity contribution in [2.45, 2.75) is 20.3 Å². The summed E-state index contributed by atoms with van der Waals surface area (Å²) in [5, 5.41) is 6.57. The molecule has 108 valence electrons. The molecule has 1 aromatic rings. The molecule has 1 rings (SSSR count). The van der Waals surface area contributed by atoms with E-state index in [4.69, 9.17) is 0 Å². The molecule has 2 amide bonds. The van der Waals surface area contributed by atoms with Crippen LogP contribution >= 0.6 is 0 Å². The van der Waals surface area contributed by atoms with Gasteiger partial charge in [0.1, 0.15) is 0 Å². The third-order valence-electron chi connectivity index (χ3n) is 2.49. The number of hydrogen-bond donors (Lipinski definition) is 2. The summed E-state index contributed by atoms with van der Waals surface area (Å²) in [5.74, 6) is -0.432. The maximum absolute atomic E-state index is 11.8. The monoisotopic (exact) mass is 276 g/mol. The van der Waals surface area contributed by atoms with Crippen molar-refractivity contribution in [2.75, 3.05) is 24.3 Å². The summed E-state index contributed by atoms with van der Waals surface area (Å²) >= 11 is 0. The normalized spacial score (nSPS) is 10.9. The van der Waals surface area contributed by atoms with Gasteiger partial charge in [-0.3, -0.25) is 9.59 Å². The maximum Gasteiger partial charge on any atom is 0.236 e. The van der Waals surface area contributed by atoms with Crippen LogP contribution in [0.1, 0.15) is 20.3 Å². The quantitative estimate of drug-likeness (QED) is 0.633. The fourth-order valence-corrected chi connectivity index (χ4v) is 1.49. The van der Waals surface area contributed by atoms with Gasteiger partial charge >= 0.3 is 0 Å². The van der Waals surface area contributed by atoms with E-state index in [0.29, 0.717) is 5.71 Å². The molecule has 1 aromatic carbocycles. The smallest absolute Gasteiger partial charge is 0.236 e. The minimum absolute atomic E-state index is 0.135. The summed E-state index contributed by atoms with van der Waals surface area (Å²) in [7, 11) is 3.91. The van der Waals surface area contributed by atoms with Crippen molar-refractivity contribution in [1.82, 2.24) is 5.43 Å². The number of amides is 2. The number of rotatable bonds is 5.